The molecule has 1 aliphatic rings. The average molecular weight is 139 g/mol. The van der Waals surface area contributed by atoms with E-state index >= 15 is 0 Å². The maximum Gasteiger partial charge on any atom is 0.0777 e. The smallest absolute Gasteiger partial charge is 0.0777 e. The van der Waals surface area contributed by atoms with Crippen LogP contribution in [0.15, 0.2) is 0 Å². The minimum atomic E-state index is -0.715. The zero-order chi connectivity index (χ0) is 7.61. The van der Waals surface area contributed by atoms with Gasteiger partial charge in [0.15, 0.2) is 0 Å². The third-order valence-electron chi connectivity index (χ3n) is 2.42. The Kier molecular flexibility index (Phi) is 1.96. The van der Waals surface area contributed by atoms with Crippen molar-refractivity contribution in [2.75, 3.05) is 0 Å². The van der Waals surface area contributed by atoms with Crippen molar-refractivity contribution in [2.45, 2.75) is 38.2 Å². The molecular weight excluding hydrogens is 126 g/mol. The molecule has 0 amide bonds. The van der Waals surface area contributed by atoms with E-state index in [0.29, 0.717) is 5.92 Å². The third-order valence-corrected chi connectivity index (χ3v) is 2.42. The molecule has 56 valence electrons. The van der Waals surface area contributed by atoms with Crippen molar-refractivity contribution < 1.29 is 5.11 Å². The first-order valence-corrected chi connectivity index (χ1v) is 3.76. The molecule has 2 heteroatoms. The minimum absolute atomic E-state index is 0.275. The van der Waals surface area contributed by atoms with E-state index in [0.717, 1.165) is 12.8 Å². The van der Waals surface area contributed by atoms with Gasteiger partial charge in [-0.25, -0.2) is 0 Å². The standard InChI is InChI=1S/C8H13NO/c1-8(10,5-6-9)7-3-2-4-7/h7,10H,2-5H2,1H3. The lowest BCUT2D eigenvalue weighted by Gasteiger charge is -2.37. The molecule has 1 N–H and O–H groups in total. The second-order valence-corrected chi connectivity index (χ2v) is 3.32. The highest BCUT2D eigenvalue weighted by Crippen LogP contribution is 2.37. The van der Waals surface area contributed by atoms with Crippen LogP contribution in [0.25, 0.3) is 0 Å². The molecule has 0 aliphatic heterocycles. The van der Waals surface area contributed by atoms with Crippen LogP contribution in [-0.4, -0.2) is 10.7 Å². The summed E-state index contributed by atoms with van der Waals surface area (Å²) in [4.78, 5) is 0. The summed E-state index contributed by atoms with van der Waals surface area (Å²) in [5.41, 5.74) is -0.715. The third kappa shape index (κ3) is 1.30. The van der Waals surface area contributed by atoms with Gasteiger partial charge in [0.1, 0.15) is 0 Å². The Labute approximate surface area is 61.5 Å². The van der Waals surface area contributed by atoms with Gasteiger partial charge in [0, 0.05) is 0 Å². The molecule has 0 bridgehead atoms. The van der Waals surface area contributed by atoms with E-state index < -0.39 is 5.60 Å². The fourth-order valence-electron chi connectivity index (χ4n) is 1.33. The molecule has 2 nitrogen and oxygen atoms in total. The van der Waals surface area contributed by atoms with Crippen molar-refractivity contribution in [1.29, 1.82) is 5.26 Å². The topological polar surface area (TPSA) is 44.0 Å². The van der Waals surface area contributed by atoms with E-state index in [2.05, 4.69) is 0 Å². The lowest BCUT2D eigenvalue weighted by atomic mass is 9.72. The van der Waals surface area contributed by atoms with Crippen LogP contribution in [0.4, 0.5) is 0 Å². The molecule has 0 aromatic rings. The molecule has 0 spiro atoms. The van der Waals surface area contributed by atoms with Gasteiger partial charge in [0.05, 0.1) is 18.1 Å². The van der Waals surface area contributed by atoms with Crippen LogP contribution in [0, 0.1) is 17.2 Å². The first-order chi connectivity index (χ1) is 4.67. The fourth-order valence-corrected chi connectivity index (χ4v) is 1.33. The summed E-state index contributed by atoms with van der Waals surface area (Å²) in [6, 6.07) is 2.01. The Bertz CT molecular complexity index is 153. The number of hydrogen-bond donors (Lipinski definition) is 1. The van der Waals surface area contributed by atoms with E-state index in [4.69, 9.17) is 5.26 Å². The summed E-state index contributed by atoms with van der Waals surface area (Å²) >= 11 is 0. The van der Waals surface area contributed by atoms with Crippen molar-refractivity contribution in [1.82, 2.24) is 0 Å². The average Bonchev–Trinajstić information content (AvgIpc) is 1.56. The summed E-state index contributed by atoms with van der Waals surface area (Å²) < 4.78 is 0. The molecule has 1 unspecified atom stereocenters. The second-order valence-electron chi connectivity index (χ2n) is 3.32. The lowest BCUT2D eigenvalue weighted by molar-refractivity contribution is -0.0304. The second kappa shape index (κ2) is 2.59. The summed E-state index contributed by atoms with van der Waals surface area (Å²) in [5.74, 6) is 0.382. The highest BCUT2D eigenvalue weighted by atomic mass is 16.3. The predicted molar refractivity (Wildman–Crippen MR) is 38.2 cm³/mol. The van der Waals surface area contributed by atoms with E-state index in [9.17, 15) is 5.11 Å². The minimum Gasteiger partial charge on any atom is -0.389 e. The van der Waals surface area contributed by atoms with Crippen molar-refractivity contribution >= 4 is 0 Å². The highest BCUT2D eigenvalue weighted by Gasteiger charge is 2.35. The van der Waals surface area contributed by atoms with E-state index in [-0.39, 0.29) is 6.42 Å². The van der Waals surface area contributed by atoms with Crippen LogP contribution in [0.2, 0.25) is 0 Å². The van der Waals surface area contributed by atoms with Gasteiger partial charge in [-0.05, 0) is 25.7 Å². The first-order valence-electron chi connectivity index (χ1n) is 3.76. The number of rotatable bonds is 2. The maximum absolute atomic E-state index is 9.61. The zero-order valence-corrected chi connectivity index (χ0v) is 6.30. The Morgan fingerprint density at radius 2 is 2.30 bits per heavy atom. The summed E-state index contributed by atoms with van der Waals surface area (Å²) in [6.07, 6.45) is 3.67. The van der Waals surface area contributed by atoms with E-state index in [1.54, 1.807) is 6.92 Å². The van der Waals surface area contributed by atoms with Crippen molar-refractivity contribution in [3.63, 3.8) is 0 Å². The fraction of sp³-hybridized carbons (Fsp3) is 0.875. The van der Waals surface area contributed by atoms with Crippen molar-refractivity contribution in [2.24, 2.45) is 5.92 Å². The van der Waals surface area contributed by atoms with Crippen molar-refractivity contribution in [3.05, 3.63) is 0 Å². The van der Waals surface area contributed by atoms with Crippen LogP contribution in [0.1, 0.15) is 32.6 Å². The molecule has 1 aliphatic carbocycles. The first kappa shape index (κ1) is 7.56. The molecule has 10 heavy (non-hydrogen) atoms. The number of hydrogen-bond acceptors (Lipinski definition) is 2. The molecule has 0 aromatic carbocycles. The van der Waals surface area contributed by atoms with Crippen LogP contribution >= 0.6 is 0 Å². The Hall–Kier alpha value is -0.550. The van der Waals surface area contributed by atoms with Crippen LogP contribution in [-0.2, 0) is 0 Å². The summed E-state index contributed by atoms with van der Waals surface area (Å²) in [7, 11) is 0. The predicted octanol–water partition coefficient (Wildman–Crippen LogP) is 1.45. The highest BCUT2D eigenvalue weighted by molar-refractivity contribution is 4.93. The SMILES string of the molecule is CC(O)(CC#N)C1CCC1. The van der Waals surface area contributed by atoms with Gasteiger partial charge in [0.2, 0.25) is 0 Å². The maximum atomic E-state index is 9.61. The molecule has 1 saturated carbocycles. The van der Waals surface area contributed by atoms with Crippen molar-refractivity contribution in [3.8, 4) is 6.07 Å². The molecule has 1 atom stereocenters. The molecule has 1 rings (SSSR count). The van der Waals surface area contributed by atoms with Crippen LogP contribution in [0.5, 0.6) is 0 Å². The zero-order valence-electron chi connectivity index (χ0n) is 6.30. The molecule has 0 aromatic heterocycles. The molecule has 1 fully saturated rings. The lowest BCUT2D eigenvalue weighted by Crippen LogP contribution is -2.38. The van der Waals surface area contributed by atoms with Gasteiger partial charge in [-0.1, -0.05) is 6.42 Å². The Balaban J connectivity index is 2.42. The summed E-state index contributed by atoms with van der Waals surface area (Å²) in [5, 5.41) is 18.0. The molecule has 0 saturated heterocycles. The van der Waals surface area contributed by atoms with Crippen LogP contribution in [0.3, 0.4) is 0 Å². The monoisotopic (exact) mass is 139 g/mol. The van der Waals surface area contributed by atoms with E-state index in [1.165, 1.54) is 6.42 Å². The molecule has 0 radical (unpaired) electrons. The van der Waals surface area contributed by atoms with Gasteiger partial charge in [0.25, 0.3) is 0 Å². The van der Waals surface area contributed by atoms with Gasteiger partial charge in [-0.2, -0.15) is 5.26 Å². The van der Waals surface area contributed by atoms with Gasteiger partial charge >= 0.3 is 0 Å². The van der Waals surface area contributed by atoms with Crippen LogP contribution < -0.4 is 0 Å². The number of aliphatic hydroxyl groups is 1. The van der Waals surface area contributed by atoms with Gasteiger partial charge < -0.3 is 5.11 Å². The number of nitrogens with zero attached hydrogens (tertiary/aromatic N) is 1. The molecular formula is C8H13NO. The normalized spacial score (nSPS) is 24.5. The number of nitriles is 1. The largest absolute Gasteiger partial charge is 0.389 e. The molecule has 0 heterocycles. The van der Waals surface area contributed by atoms with Gasteiger partial charge in [-0.3, -0.25) is 0 Å². The Morgan fingerprint density at radius 1 is 1.70 bits per heavy atom. The van der Waals surface area contributed by atoms with E-state index in [1.807, 2.05) is 6.07 Å². The quantitative estimate of drug-likeness (QED) is 0.629. The van der Waals surface area contributed by atoms with Gasteiger partial charge in [-0.15, -0.1) is 0 Å². The summed E-state index contributed by atoms with van der Waals surface area (Å²) in [6.45, 7) is 1.76. The Morgan fingerprint density at radius 3 is 2.60 bits per heavy atom.